The molecule has 4 aromatic rings. The van der Waals surface area contributed by atoms with Gasteiger partial charge in [-0.05, 0) is 51.6 Å². The second-order valence-electron chi connectivity index (χ2n) is 7.34. The van der Waals surface area contributed by atoms with Crippen LogP contribution in [0, 0.1) is 22.7 Å². The lowest BCUT2D eigenvalue weighted by Gasteiger charge is -2.04. The molecule has 0 aromatic heterocycles. The Bertz CT molecular complexity index is 1340. The number of nitrogens with zero attached hydrogens (tertiary/aromatic N) is 2. The Labute approximate surface area is 188 Å². The zero-order valence-corrected chi connectivity index (χ0v) is 17.4. The molecule has 0 atom stereocenters. The van der Waals surface area contributed by atoms with Crippen LogP contribution in [0.25, 0.3) is 35.4 Å². The maximum Gasteiger partial charge on any atom is 0.0997 e. The fourth-order valence-electron chi connectivity index (χ4n) is 3.36. The van der Waals surface area contributed by atoms with E-state index in [1.165, 1.54) is 0 Å². The van der Waals surface area contributed by atoms with E-state index in [0.717, 1.165) is 33.4 Å². The standard InChI is InChI=1S/C30H20N2/c31-21-26-9-7-23(8-10-26)5-6-24-12-17-28(18-13-24)29-19-14-25(15-20-29)11-16-27-3-1-2-4-30(27)22-32/h1-20H/b6-5+,16-11+. The van der Waals surface area contributed by atoms with Crippen molar-refractivity contribution in [3.63, 3.8) is 0 Å². The molecule has 2 heteroatoms. The van der Waals surface area contributed by atoms with E-state index in [4.69, 9.17) is 5.26 Å². The van der Waals surface area contributed by atoms with E-state index in [-0.39, 0.29) is 0 Å². The fraction of sp³-hybridized carbons (Fsp3) is 0. The molecule has 0 spiro atoms. The topological polar surface area (TPSA) is 47.6 Å². The summed E-state index contributed by atoms with van der Waals surface area (Å²) in [5.74, 6) is 0. The second kappa shape index (κ2) is 9.90. The van der Waals surface area contributed by atoms with Crippen LogP contribution >= 0.6 is 0 Å². The molecule has 0 aliphatic carbocycles. The molecular formula is C30H20N2. The van der Waals surface area contributed by atoms with Crippen LogP contribution in [0.5, 0.6) is 0 Å². The maximum absolute atomic E-state index is 9.21. The van der Waals surface area contributed by atoms with Crippen LogP contribution in [-0.2, 0) is 0 Å². The van der Waals surface area contributed by atoms with Gasteiger partial charge in [0.05, 0.1) is 23.3 Å². The molecule has 4 aromatic carbocycles. The first kappa shape index (κ1) is 20.6. The number of hydrogen-bond acceptors (Lipinski definition) is 2. The normalized spacial score (nSPS) is 10.8. The highest BCUT2D eigenvalue weighted by Crippen LogP contribution is 2.22. The van der Waals surface area contributed by atoms with Gasteiger partial charge in [-0.2, -0.15) is 10.5 Å². The predicted molar refractivity (Wildman–Crippen MR) is 132 cm³/mol. The minimum atomic E-state index is 0.667. The summed E-state index contributed by atoms with van der Waals surface area (Å²) in [6, 6.07) is 36.3. The van der Waals surface area contributed by atoms with Gasteiger partial charge in [0.15, 0.2) is 0 Å². The number of benzene rings is 4. The second-order valence-corrected chi connectivity index (χ2v) is 7.34. The Morgan fingerprint density at radius 3 is 1.44 bits per heavy atom. The van der Waals surface area contributed by atoms with Crippen molar-refractivity contribution >= 4 is 24.3 Å². The molecule has 0 amide bonds. The fourth-order valence-corrected chi connectivity index (χ4v) is 3.36. The molecule has 0 radical (unpaired) electrons. The number of nitriles is 2. The third kappa shape index (κ3) is 5.08. The van der Waals surface area contributed by atoms with Gasteiger partial charge in [0, 0.05) is 0 Å². The first-order valence-corrected chi connectivity index (χ1v) is 10.3. The van der Waals surface area contributed by atoms with Crippen LogP contribution in [0.4, 0.5) is 0 Å². The Balaban J connectivity index is 1.44. The molecule has 0 fully saturated rings. The maximum atomic E-state index is 9.21. The van der Waals surface area contributed by atoms with Crippen LogP contribution in [0.2, 0.25) is 0 Å². The van der Waals surface area contributed by atoms with Gasteiger partial charge in [-0.1, -0.05) is 103 Å². The van der Waals surface area contributed by atoms with E-state index in [1.54, 1.807) is 0 Å². The van der Waals surface area contributed by atoms with Gasteiger partial charge in [0.2, 0.25) is 0 Å². The third-order valence-electron chi connectivity index (χ3n) is 5.20. The van der Waals surface area contributed by atoms with Crippen LogP contribution in [0.3, 0.4) is 0 Å². The predicted octanol–water partition coefficient (Wildman–Crippen LogP) is 7.44. The Morgan fingerprint density at radius 1 is 0.469 bits per heavy atom. The van der Waals surface area contributed by atoms with E-state index in [9.17, 15) is 5.26 Å². The zero-order chi connectivity index (χ0) is 22.2. The first-order valence-electron chi connectivity index (χ1n) is 10.3. The lowest BCUT2D eigenvalue weighted by Crippen LogP contribution is -1.81. The molecule has 32 heavy (non-hydrogen) atoms. The smallest absolute Gasteiger partial charge is 0.0997 e. The molecule has 4 rings (SSSR count). The average molecular weight is 409 g/mol. The molecule has 2 nitrogen and oxygen atoms in total. The van der Waals surface area contributed by atoms with Crippen molar-refractivity contribution in [2.75, 3.05) is 0 Å². The van der Waals surface area contributed by atoms with Crippen molar-refractivity contribution in [1.29, 1.82) is 10.5 Å². The minimum Gasteiger partial charge on any atom is -0.192 e. The summed E-state index contributed by atoms with van der Waals surface area (Å²) in [5.41, 5.74) is 7.84. The zero-order valence-electron chi connectivity index (χ0n) is 17.4. The molecule has 0 saturated heterocycles. The largest absolute Gasteiger partial charge is 0.192 e. The van der Waals surface area contributed by atoms with E-state index < -0.39 is 0 Å². The average Bonchev–Trinajstić information content (AvgIpc) is 2.87. The molecule has 150 valence electrons. The molecule has 0 heterocycles. The highest BCUT2D eigenvalue weighted by molar-refractivity contribution is 5.75. The van der Waals surface area contributed by atoms with E-state index >= 15 is 0 Å². The summed E-state index contributed by atoms with van der Waals surface area (Å²) in [5, 5.41) is 18.1. The van der Waals surface area contributed by atoms with Crippen LogP contribution in [0.1, 0.15) is 33.4 Å². The van der Waals surface area contributed by atoms with Gasteiger partial charge in [0.25, 0.3) is 0 Å². The highest BCUT2D eigenvalue weighted by atomic mass is 14.2. The van der Waals surface area contributed by atoms with Crippen LogP contribution in [0.15, 0.2) is 97.1 Å². The molecule has 0 N–H and O–H groups in total. The molecule has 0 aliphatic rings. The number of rotatable bonds is 5. The lowest BCUT2D eigenvalue weighted by molar-refractivity contribution is 1.47. The van der Waals surface area contributed by atoms with Gasteiger partial charge in [-0.25, -0.2) is 0 Å². The van der Waals surface area contributed by atoms with Gasteiger partial charge in [-0.15, -0.1) is 0 Å². The molecule has 0 bridgehead atoms. The van der Waals surface area contributed by atoms with Crippen LogP contribution in [-0.4, -0.2) is 0 Å². The van der Waals surface area contributed by atoms with Gasteiger partial charge in [0.1, 0.15) is 0 Å². The molecule has 0 aliphatic heterocycles. The molecule has 0 saturated carbocycles. The van der Waals surface area contributed by atoms with E-state index in [2.05, 4.69) is 66.7 Å². The lowest BCUT2D eigenvalue weighted by atomic mass is 10.0. The van der Waals surface area contributed by atoms with E-state index in [1.807, 2.05) is 66.8 Å². The Kier molecular flexibility index (Phi) is 6.37. The summed E-state index contributed by atoms with van der Waals surface area (Å²) in [4.78, 5) is 0. The minimum absolute atomic E-state index is 0.667. The highest BCUT2D eigenvalue weighted by Gasteiger charge is 1.99. The summed E-state index contributed by atoms with van der Waals surface area (Å²) in [7, 11) is 0. The van der Waals surface area contributed by atoms with Crippen molar-refractivity contribution in [3.05, 3.63) is 130 Å². The monoisotopic (exact) mass is 408 g/mol. The van der Waals surface area contributed by atoms with Crippen molar-refractivity contribution in [1.82, 2.24) is 0 Å². The summed E-state index contributed by atoms with van der Waals surface area (Å²) in [6.45, 7) is 0. The number of hydrogen-bond donors (Lipinski definition) is 0. The first-order chi connectivity index (χ1) is 15.7. The third-order valence-corrected chi connectivity index (χ3v) is 5.20. The van der Waals surface area contributed by atoms with Crippen molar-refractivity contribution in [3.8, 4) is 23.3 Å². The van der Waals surface area contributed by atoms with Gasteiger partial charge < -0.3 is 0 Å². The summed E-state index contributed by atoms with van der Waals surface area (Å²) >= 11 is 0. The Hall–Kier alpha value is -4.66. The van der Waals surface area contributed by atoms with Gasteiger partial charge >= 0.3 is 0 Å². The Morgan fingerprint density at radius 2 is 0.938 bits per heavy atom. The van der Waals surface area contributed by atoms with Crippen molar-refractivity contribution in [2.45, 2.75) is 0 Å². The van der Waals surface area contributed by atoms with Crippen molar-refractivity contribution in [2.24, 2.45) is 0 Å². The van der Waals surface area contributed by atoms with Crippen molar-refractivity contribution < 1.29 is 0 Å². The molecule has 0 unspecified atom stereocenters. The van der Waals surface area contributed by atoms with Gasteiger partial charge in [-0.3, -0.25) is 0 Å². The summed E-state index contributed by atoms with van der Waals surface area (Å²) < 4.78 is 0. The quantitative estimate of drug-likeness (QED) is 0.322. The molecular weight excluding hydrogens is 388 g/mol. The summed E-state index contributed by atoms with van der Waals surface area (Å²) in [6.07, 6.45) is 8.11. The van der Waals surface area contributed by atoms with E-state index in [0.29, 0.717) is 11.1 Å². The van der Waals surface area contributed by atoms with Crippen LogP contribution < -0.4 is 0 Å². The SMILES string of the molecule is N#Cc1ccc(/C=C/c2ccc(-c3ccc(/C=C/c4ccccc4C#N)cc3)cc2)cc1.